The standard InChI is InChI=1S/C23H24N2O2S2/c26-21(25-23-24-20(17-29-23)18-11-5-3-6-12-18)15-9-1-2-10-16-28-22(27)19-13-7-4-8-14-19/h3-8,11-14,17H,1-2,9-10,15-16H2,(H,24,25,26). The number of nitrogens with one attached hydrogen (secondary N) is 1. The van der Waals surface area contributed by atoms with Crippen molar-refractivity contribution in [2.45, 2.75) is 32.1 Å². The molecule has 29 heavy (non-hydrogen) atoms. The molecule has 6 heteroatoms. The lowest BCUT2D eigenvalue weighted by atomic mass is 10.1. The number of hydrogen-bond donors (Lipinski definition) is 1. The Morgan fingerprint density at radius 3 is 2.34 bits per heavy atom. The van der Waals surface area contributed by atoms with Gasteiger partial charge in [-0.2, -0.15) is 0 Å². The molecule has 1 heterocycles. The van der Waals surface area contributed by atoms with E-state index in [4.69, 9.17) is 0 Å². The summed E-state index contributed by atoms with van der Waals surface area (Å²) < 4.78 is 0. The third-order valence-electron chi connectivity index (χ3n) is 4.36. The van der Waals surface area contributed by atoms with Crippen molar-refractivity contribution in [2.24, 2.45) is 0 Å². The van der Waals surface area contributed by atoms with Gasteiger partial charge in [0.25, 0.3) is 0 Å². The minimum atomic E-state index is 0.00703. The number of carbonyl (C=O) groups is 2. The van der Waals surface area contributed by atoms with Gasteiger partial charge < -0.3 is 5.32 Å². The Balaban J connectivity index is 1.27. The van der Waals surface area contributed by atoms with Gasteiger partial charge in [-0.25, -0.2) is 4.98 Å². The molecule has 0 aliphatic heterocycles. The lowest BCUT2D eigenvalue weighted by molar-refractivity contribution is -0.116. The molecule has 0 aliphatic rings. The Morgan fingerprint density at radius 1 is 0.897 bits per heavy atom. The summed E-state index contributed by atoms with van der Waals surface area (Å²) in [6, 6.07) is 19.3. The maximum atomic E-state index is 12.1. The van der Waals surface area contributed by atoms with E-state index in [1.165, 1.54) is 23.1 Å². The first-order valence-electron chi connectivity index (χ1n) is 9.75. The van der Waals surface area contributed by atoms with Crippen LogP contribution in [0.1, 0.15) is 42.5 Å². The number of hydrogen-bond acceptors (Lipinski definition) is 5. The van der Waals surface area contributed by atoms with Crippen LogP contribution in [0.2, 0.25) is 0 Å². The SMILES string of the molecule is O=C(CCCCCCSC(=O)c1ccccc1)Nc1nc(-c2ccccc2)cs1. The predicted molar refractivity (Wildman–Crippen MR) is 122 cm³/mol. The zero-order valence-corrected chi connectivity index (χ0v) is 17.8. The number of amides is 1. The number of unbranched alkanes of at least 4 members (excludes halogenated alkanes) is 3. The maximum Gasteiger partial charge on any atom is 0.226 e. The van der Waals surface area contributed by atoms with Gasteiger partial charge in [0.15, 0.2) is 5.13 Å². The van der Waals surface area contributed by atoms with Crippen molar-refractivity contribution in [3.8, 4) is 11.3 Å². The Labute approximate surface area is 179 Å². The Bertz CT molecular complexity index is 911. The fourth-order valence-corrected chi connectivity index (χ4v) is 4.39. The highest BCUT2D eigenvalue weighted by atomic mass is 32.2. The third-order valence-corrected chi connectivity index (χ3v) is 6.11. The van der Waals surface area contributed by atoms with Crippen LogP contribution in [-0.2, 0) is 4.79 Å². The van der Waals surface area contributed by atoms with E-state index in [0.717, 1.165) is 48.3 Å². The molecular weight excluding hydrogens is 400 g/mol. The van der Waals surface area contributed by atoms with Crippen LogP contribution >= 0.6 is 23.1 Å². The van der Waals surface area contributed by atoms with Crippen molar-refractivity contribution < 1.29 is 9.59 Å². The van der Waals surface area contributed by atoms with E-state index in [1.54, 1.807) is 0 Å². The van der Waals surface area contributed by atoms with E-state index >= 15 is 0 Å². The molecule has 2 aromatic carbocycles. The third kappa shape index (κ3) is 7.15. The summed E-state index contributed by atoms with van der Waals surface area (Å²) in [7, 11) is 0. The average molecular weight is 425 g/mol. The van der Waals surface area contributed by atoms with Gasteiger partial charge >= 0.3 is 0 Å². The molecule has 0 saturated carbocycles. The minimum absolute atomic E-state index is 0.00703. The number of anilines is 1. The van der Waals surface area contributed by atoms with Gasteiger partial charge in [-0.1, -0.05) is 85.3 Å². The van der Waals surface area contributed by atoms with E-state index in [9.17, 15) is 9.59 Å². The second-order valence-corrected chi connectivity index (χ2v) is 8.54. The second-order valence-electron chi connectivity index (χ2n) is 6.62. The van der Waals surface area contributed by atoms with Crippen LogP contribution in [-0.4, -0.2) is 21.8 Å². The molecule has 0 unspecified atom stereocenters. The van der Waals surface area contributed by atoms with Gasteiger partial charge in [-0.3, -0.25) is 9.59 Å². The minimum Gasteiger partial charge on any atom is -0.302 e. The summed E-state index contributed by atoms with van der Waals surface area (Å²) in [6.45, 7) is 0. The first-order valence-corrected chi connectivity index (χ1v) is 11.6. The zero-order chi connectivity index (χ0) is 20.3. The van der Waals surface area contributed by atoms with E-state index in [2.05, 4.69) is 10.3 Å². The van der Waals surface area contributed by atoms with Crippen molar-refractivity contribution in [3.63, 3.8) is 0 Å². The first-order chi connectivity index (χ1) is 14.2. The van der Waals surface area contributed by atoms with Crippen LogP contribution in [0.5, 0.6) is 0 Å². The quantitative estimate of drug-likeness (QED) is 0.390. The highest BCUT2D eigenvalue weighted by Crippen LogP contribution is 2.24. The molecule has 1 N–H and O–H groups in total. The van der Waals surface area contributed by atoms with Gasteiger partial charge in [-0.05, 0) is 12.8 Å². The summed E-state index contributed by atoms with van der Waals surface area (Å²) in [4.78, 5) is 28.6. The van der Waals surface area contributed by atoms with Crippen LogP contribution in [0, 0.1) is 0 Å². The Hall–Kier alpha value is -2.44. The molecule has 1 aromatic heterocycles. The van der Waals surface area contributed by atoms with Crippen molar-refractivity contribution in [3.05, 3.63) is 71.6 Å². The molecule has 3 aromatic rings. The van der Waals surface area contributed by atoms with Crippen LogP contribution in [0.25, 0.3) is 11.3 Å². The number of rotatable bonds is 10. The molecule has 0 bridgehead atoms. The summed E-state index contributed by atoms with van der Waals surface area (Å²) in [5.41, 5.74) is 2.69. The smallest absolute Gasteiger partial charge is 0.226 e. The van der Waals surface area contributed by atoms with Crippen molar-refractivity contribution in [1.29, 1.82) is 0 Å². The van der Waals surface area contributed by atoms with Gasteiger partial charge in [0.1, 0.15) is 0 Å². The molecule has 0 spiro atoms. The van der Waals surface area contributed by atoms with Crippen molar-refractivity contribution in [2.75, 3.05) is 11.1 Å². The second kappa shape index (κ2) is 11.5. The van der Waals surface area contributed by atoms with E-state index in [1.807, 2.05) is 66.0 Å². The lowest BCUT2D eigenvalue weighted by Gasteiger charge is -2.03. The summed E-state index contributed by atoms with van der Waals surface area (Å²) in [5, 5.41) is 5.62. The molecule has 1 amide bonds. The molecule has 0 aliphatic carbocycles. The van der Waals surface area contributed by atoms with Gasteiger partial charge in [-0.15, -0.1) is 11.3 Å². The lowest BCUT2D eigenvalue weighted by Crippen LogP contribution is -2.10. The normalized spacial score (nSPS) is 10.6. The number of thioether (sulfide) groups is 1. The summed E-state index contributed by atoms with van der Waals surface area (Å²) in [5.74, 6) is 0.828. The highest BCUT2D eigenvalue weighted by molar-refractivity contribution is 8.14. The largest absolute Gasteiger partial charge is 0.302 e. The van der Waals surface area contributed by atoms with Crippen LogP contribution in [0.3, 0.4) is 0 Å². The van der Waals surface area contributed by atoms with Crippen LogP contribution in [0.15, 0.2) is 66.0 Å². The molecule has 0 saturated heterocycles. The number of benzene rings is 2. The van der Waals surface area contributed by atoms with E-state index < -0.39 is 0 Å². The fraction of sp³-hybridized carbons (Fsp3) is 0.261. The van der Waals surface area contributed by atoms with E-state index in [-0.39, 0.29) is 11.0 Å². The summed E-state index contributed by atoms with van der Waals surface area (Å²) in [6.07, 6.45) is 4.34. The van der Waals surface area contributed by atoms with Gasteiger partial charge in [0.2, 0.25) is 11.0 Å². The van der Waals surface area contributed by atoms with Gasteiger partial charge in [0, 0.05) is 28.7 Å². The topological polar surface area (TPSA) is 59.1 Å². The molecule has 4 nitrogen and oxygen atoms in total. The first kappa shape index (κ1) is 21.3. The molecule has 0 atom stereocenters. The molecule has 150 valence electrons. The fourth-order valence-electron chi connectivity index (χ4n) is 2.82. The van der Waals surface area contributed by atoms with Crippen molar-refractivity contribution in [1.82, 2.24) is 4.98 Å². The number of carbonyl (C=O) groups excluding carboxylic acids is 2. The highest BCUT2D eigenvalue weighted by Gasteiger charge is 2.08. The number of aromatic nitrogens is 1. The molecule has 0 radical (unpaired) electrons. The molecular formula is C23H24N2O2S2. The summed E-state index contributed by atoms with van der Waals surface area (Å²) >= 11 is 2.82. The predicted octanol–water partition coefficient (Wildman–Crippen LogP) is 6.27. The van der Waals surface area contributed by atoms with Crippen LogP contribution in [0.4, 0.5) is 5.13 Å². The maximum absolute atomic E-state index is 12.1. The zero-order valence-electron chi connectivity index (χ0n) is 16.2. The Morgan fingerprint density at radius 2 is 1.59 bits per heavy atom. The Kier molecular flexibility index (Phi) is 8.46. The van der Waals surface area contributed by atoms with Crippen LogP contribution < -0.4 is 5.32 Å². The number of nitrogens with zero attached hydrogens (tertiary/aromatic N) is 1. The van der Waals surface area contributed by atoms with Gasteiger partial charge in [0.05, 0.1) is 5.69 Å². The van der Waals surface area contributed by atoms with Crippen molar-refractivity contribution >= 4 is 39.3 Å². The monoisotopic (exact) mass is 424 g/mol. The molecule has 0 fully saturated rings. The molecule has 3 rings (SSSR count). The van der Waals surface area contributed by atoms with E-state index in [0.29, 0.717) is 11.6 Å². The number of thiazole rings is 1. The average Bonchev–Trinajstić information content (AvgIpc) is 3.22.